The molecule has 0 amide bonds. The number of rotatable bonds is 5. The SMILES string of the molecule is CCCNCc1cnc(-c2ccccc2Cl)nc1. The molecule has 1 aromatic carbocycles. The number of hydrogen-bond acceptors (Lipinski definition) is 3. The molecule has 0 saturated carbocycles. The van der Waals surface area contributed by atoms with Crippen LogP contribution in [-0.4, -0.2) is 16.5 Å². The fraction of sp³-hybridized carbons (Fsp3) is 0.286. The summed E-state index contributed by atoms with van der Waals surface area (Å²) in [5.41, 5.74) is 1.95. The minimum absolute atomic E-state index is 0.667. The summed E-state index contributed by atoms with van der Waals surface area (Å²) in [4.78, 5) is 8.71. The second kappa shape index (κ2) is 6.47. The van der Waals surface area contributed by atoms with Crippen molar-refractivity contribution in [1.82, 2.24) is 15.3 Å². The molecule has 1 heterocycles. The molecule has 4 heteroatoms. The third-order valence-electron chi connectivity index (χ3n) is 2.58. The van der Waals surface area contributed by atoms with Gasteiger partial charge in [0.1, 0.15) is 0 Å². The van der Waals surface area contributed by atoms with Crippen LogP contribution >= 0.6 is 11.6 Å². The van der Waals surface area contributed by atoms with Gasteiger partial charge in [0.05, 0.1) is 5.02 Å². The summed E-state index contributed by atoms with van der Waals surface area (Å²) >= 11 is 6.11. The number of halogens is 1. The molecule has 1 N–H and O–H groups in total. The molecule has 0 fully saturated rings. The second-order valence-corrected chi connectivity index (χ2v) is 4.48. The first-order chi connectivity index (χ1) is 8.81. The Labute approximate surface area is 112 Å². The molecule has 0 radical (unpaired) electrons. The number of nitrogens with zero attached hydrogens (tertiary/aromatic N) is 2. The summed E-state index contributed by atoms with van der Waals surface area (Å²) < 4.78 is 0. The fourth-order valence-electron chi connectivity index (χ4n) is 1.64. The van der Waals surface area contributed by atoms with Gasteiger partial charge in [0.25, 0.3) is 0 Å². The fourth-order valence-corrected chi connectivity index (χ4v) is 1.86. The van der Waals surface area contributed by atoms with E-state index in [1.54, 1.807) is 0 Å². The van der Waals surface area contributed by atoms with Gasteiger partial charge in [-0.05, 0) is 25.1 Å². The number of hydrogen-bond donors (Lipinski definition) is 1. The van der Waals surface area contributed by atoms with Gasteiger partial charge in [-0.2, -0.15) is 0 Å². The average Bonchev–Trinajstić information content (AvgIpc) is 2.41. The van der Waals surface area contributed by atoms with Crippen molar-refractivity contribution in [2.75, 3.05) is 6.54 Å². The highest BCUT2D eigenvalue weighted by Gasteiger charge is 2.05. The number of aromatic nitrogens is 2. The molecule has 18 heavy (non-hydrogen) atoms. The highest BCUT2D eigenvalue weighted by molar-refractivity contribution is 6.33. The molecule has 1 aromatic heterocycles. The van der Waals surface area contributed by atoms with Crippen LogP contribution < -0.4 is 5.32 Å². The highest BCUT2D eigenvalue weighted by atomic mass is 35.5. The molecule has 2 aromatic rings. The summed E-state index contributed by atoms with van der Waals surface area (Å²) in [6.07, 6.45) is 4.81. The van der Waals surface area contributed by atoms with Gasteiger partial charge in [-0.1, -0.05) is 30.7 Å². The Kier molecular flexibility index (Phi) is 4.67. The zero-order valence-corrected chi connectivity index (χ0v) is 11.1. The van der Waals surface area contributed by atoms with Gasteiger partial charge in [0, 0.05) is 30.1 Å². The molecule has 0 saturated heterocycles. The van der Waals surface area contributed by atoms with Gasteiger partial charge in [0.15, 0.2) is 5.82 Å². The minimum atomic E-state index is 0.667. The van der Waals surface area contributed by atoms with E-state index in [0.717, 1.165) is 30.6 Å². The molecule has 2 rings (SSSR count). The molecular formula is C14H16ClN3. The van der Waals surface area contributed by atoms with E-state index < -0.39 is 0 Å². The van der Waals surface area contributed by atoms with Crippen molar-refractivity contribution < 1.29 is 0 Å². The zero-order valence-electron chi connectivity index (χ0n) is 10.4. The lowest BCUT2D eigenvalue weighted by Gasteiger charge is -2.05. The van der Waals surface area contributed by atoms with Gasteiger partial charge in [-0.15, -0.1) is 0 Å². The first-order valence-corrected chi connectivity index (χ1v) is 6.45. The van der Waals surface area contributed by atoms with Crippen LogP contribution in [0.3, 0.4) is 0 Å². The largest absolute Gasteiger partial charge is 0.313 e. The van der Waals surface area contributed by atoms with Crippen molar-refractivity contribution in [3.63, 3.8) is 0 Å². The standard InChI is InChI=1S/C14H16ClN3/c1-2-7-16-8-11-9-17-14(18-10-11)12-5-3-4-6-13(12)15/h3-6,9-10,16H,2,7-8H2,1H3. The Bertz CT molecular complexity index is 497. The van der Waals surface area contributed by atoms with Gasteiger partial charge in [0.2, 0.25) is 0 Å². The van der Waals surface area contributed by atoms with Crippen molar-refractivity contribution >= 4 is 11.6 Å². The van der Waals surface area contributed by atoms with Crippen molar-refractivity contribution in [3.8, 4) is 11.4 Å². The number of benzene rings is 1. The van der Waals surface area contributed by atoms with Crippen molar-refractivity contribution in [3.05, 3.63) is 47.2 Å². The van der Waals surface area contributed by atoms with Crippen LogP contribution in [0.1, 0.15) is 18.9 Å². The van der Waals surface area contributed by atoms with Crippen LogP contribution in [0, 0.1) is 0 Å². The summed E-state index contributed by atoms with van der Waals surface area (Å²) in [5.74, 6) is 0.667. The Hall–Kier alpha value is -1.45. The van der Waals surface area contributed by atoms with Crippen molar-refractivity contribution in [1.29, 1.82) is 0 Å². The van der Waals surface area contributed by atoms with E-state index in [2.05, 4.69) is 22.2 Å². The van der Waals surface area contributed by atoms with Crippen LogP contribution in [0.4, 0.5) is 0 Å². The topological polar surface area (TPSA) is 37.8 Å². The first-order valence-electron chi connectivity index (χ1n) is 6.08. The quantitative estimate of drug-likeness (QED) is 0.840. The summed E-state index contributed by atoms with van der Waals surface area (Å²) in [7, 11) is 0. The monoisotopic (exact) mass is 261 g/mol. The molecule has 3 nitrogen and oxygen atoms in total. The van der Waals surface area contributed by atoms with Crippen LogP contribution in [0.25, 0.3) is 11.4 Å². The molecule has 0 bridgehead atoms. The van der Waals surface area contributed by atoms with Gasteiger partial charge in [-0.25, -0.2) is 9.97 Å². The maximum Gasteiger partial charge on any atom is 0.160 e. The lowest BCUT2D eigenvalue weighted by atomic mass is 10.2. The van der Waals surface area contributed by atoms with E-state index in [0.29, 0.717) is 10.8 Å². The average molecular weight is 262 g/mol. The summed E-state index contributed by atoms with van der Waals surface area (Å²) in [6, 6.07) is 7.60. The molecule has 0 aliphatic carbocycles. The Morgan fingerprint density at radius 2 is 1.89 bits per heavy atom. The smallest absolute Gasteiger partial charge is 0.160 e. The lowest BCUT2D eigenvalue weighted by Crippen LogP contribution is -2.14. The van der Waals surface area contributed by atoms with E-state index in [1.807, 2.05) is 36.7 Å². The molecule has 0 aliphatic rings. The van der Waals surface area contributed by atoms with E-state index in [1.165, 1.54) is 0 Å². The van der Waals surface area contributed by atoms with Crippen molar-refractivity contribution in [2.24, 2.45) is 0 Å². The van der Waals surface area contributed by atoms with E-state index in [4.69, 9.17) is 11.6 Å². The van der Waals surface area contributed by atoms with Crippen LogP contribution in [-0.2, 0) is 6.54 Å². The molecule has 0 unspecified atom stereocenters. The zero-order chi connectivity index (χ0) is 12.8. The normalized spacial score (nSPS) is 10.6. The molecule has 0 aliphatic heterocycles. The van der Waals surface area contributed by atoms with Gasteiger partial charge >= 0.3 is 0 Å². The Balaban J connectivity index is 2.10. The predicted octanol–water partition coefficient (Wildman–Crippen LogP) is 3.30. The van der Waals surface area contributed by atoms with Crippen molar-refractivity contribution in [2.45, 2.75) is 19.9 Å². The summed E-state index contributed by atoms with van der Waals surface area (Å²) in [5, 5.41) is 3.99. The molecule has 94 valence electrons. The lowest BCUT2D eigenvalue weighted by molar-refractivity contribution is 0.672. The van der Waals surface area contributed by atoms with Gasteiger partial charge in [-0.3, -0.25) is 0 Å². The van der Waals surface area contributed by atoms with Crippen LogP contribution in [0.5, 0.6) is 0 Å². The van der Waals surface area contributed by atoms with E-state index in [-0.39, 0.29) is 0 Å². The third kappa shape index (κ3) is 3.28. The number of nitrogens with one attached hydrogen (secondary N) is 1. The predicted molar refractivity (Wildman–Crippen MR) is 74.5 cm³/mol. The third-order valence-corrected chi connectivity index (χ3v) is 2.91. The molecular weight excluding hydrogens is 246 g/mol. The van der Waals surface area contributed by atoms with Crippen LogP contribution in [0.2, 0.25) is 5.02 Å². The van der Waals surface area contributed by atoms with E-state index >= 15 is 0 Å². The highest BCUT2D eigenvalue weighted by Crippen LogP contribution is 2.23. The first kappa shape index (κ1) is 13.0. The van der Waals surface area contributed by atoms with E-state index in [9.17, 15) is 0 Å². The summed E-state index contributed by atoms with van der Waals surface area (Å²) in [6.45, 7) is 3.95. The maximum atomic E-state index is 6.11. The maximum absolute atomic E-state index is 6.11. The Morgan fingerprint density at radius 3 is 2.56 bits per heavy atom. The Morgan fingerprint density at radius 1 is 1.17 bits per heavy atom. The second-order valence-electron chi connectivity index (χ2n) is 4.07. The van der Waals surface area contributed by atoms with Gasteiger partial charge < -0.3 is 5.32 Å². The van der Waals surface area contributed by atoms with Crippen LogP contribution in [0.15, 0.2) is 36.7 Å². The molecule has 0 spiro atoms. The minimum Gasteiger partial charge on any atom is -0.313 e. The molecule has 0 atom stereocenters.